The monoisotopic (exact) mass is 283 g/mol. The molecule has 1 atom stereocenters. The van der Waals surface area contributed by atoms with Crippen molar-refractivity contribution in [1.82, 2.24) is 5.32 Å². The summed E-state index contributed by atoms with van der Waals surface area (Å²) in [6, 6.07) is 8.47. The normalized spacial score (nSPS) is 13.5. The average molecular weight is 284 g/mol. The summed E-state index contributed by atoms with van der Waals surface area (Å²) in [5.41, 5.74) is 1.16. The summed E-state index contributed by atoms with van der Waals surface area (Å²) in [6.45, 7) is 10.1. The molecule has 1 unspecified atom stereocenters. The Bertz CT molecular complexity index is 362. The highest BCUT2D eigenvalue weighted by atomic mass is 35.5. The van der Waals surface area contributed by atoms with E-state index in [0.29, 0.717) is 6.04 Å². The fourth-order valence-corrected chi connectivity index (χ4v) is 2.31. The second-order valence-corrected chi connectivity index (χ2v) is 5.90. The molecule has 1 aromatic carbocycles. The van der Waals surface area contributed by atoms with Gasteiger partial charge in [0.05, 0.1) is 5.60 Å². The molecule has 0 heterocycles. The van der Waals surface area contributed by atoms with Crippen LogP contribution in [0.2, 0.25) is 5.02 Å². The van der Waals surface area contributed by atoms with E-state index in [9.17, 15) is 0 Å². The number of hydrogen-bond acceptors (Lipinski definition) is 2. The van der Waals surface area contributed by atoms with Gasteiger partial charge in [-0.2, -0.15) is 0 Å². The summed E-state index contributed by atoms with van der Waals surface area (Å²) in [5.74, 6) is 0. The zero-order valence-corrected chi connectivity index (χ0v) is 13.3. The standard InChI is InChI=1S/C16H26ClNO/c1-5-7-15(13-8-10-14(17)11-9-13)18-12-16(3,4)19-6-2/h8-11,15,18H,5-7,12H2,1-4H3. The molecule has 0 amide bonds. The zero-order valence-electron chi connectivity index (χ0n) is 12.5. The topological polar surface area (TPSA) is 21.3 Å². The van der Waals surface area contributed by atoms with Crippen LogP contribution in [0.4, 0.5) is 0 Å². The van der Waals surface area contributed by atoms with Crippen LogP contribution in [0.3, 0.4) is 0 Å². The summed E-state index contributed by atoms with van der Waals surface area (Å²) < 4.78 is 5.73. The van der Waals surface area contributed by atoms with E-state index in [-0.39, 0.29) is 5.60 Å². The Balaban J connectivity index is 2.65. The summed E-state index contributed by atoms with van der Waals surface area (Å²) in [7, 11) is 0. The first-order valence-electron chi connectivity index (χ1n) is 7.11. The van der Waals surface area contributed by atoms with E-state index in [0.717, 1.165) is 31.0 Å². The highest BCUT2D eigenvalue weighted by Gasteiger charge is 2.20. The maximum absolute atomic E-state index is 5.94. The second-order valence-electron chi connectivity index (χ2n) is 5.47. The van der Waals surface area contributed by atoms with Crippen molar-refractivity contribution in [3.63, 3.8) is 0 Å². The van der Waals surface area contributed by atoms with E-state index in [1.807, 2.05) is 19.1 Å². The van der Waals surface area contributed by atoms with Crippen molar-refractivity contribution in [2.24, 2.45) is 0 Å². The quantitative estimate of drug-likeness (QED) is 0.754. The maximum Gasteiger partial charge on any atom is 0.0750 e. The first kappa shape index (κ1) is 16.5. The third kappa shape index (κ3) is 5.94. The van der Waals surface area contributed by atoms with E-state index < -0.39 is 0 Å². The zero-order chi connectivity index (χ0) is 14.3. The smallest absolute Gasteiger partial charge is 0.0750 e. The fraction of sp³-hybridized carbons (Fsp3) is 0.625. The Kier molecular flexibility index (Phi) is 6.84. The van der Waals surface area contributed by atoms with Crippen LogP contribution < -0.4 is 5.32 Å². The molecule has 0 fully saturated rings. The molecule has 0 aliphatic heterocycles. The molecular formula is C16H26ClNO. The molecule has 0 aliphatic carbocycles. The Morgan fingerprint density at radius 3 is 2.37 bits per heavy atom. The molecule has 0 saturated heterocycles. The minimum absolute atomic E-state index is 0.132. The van der Waals surface area contributed by atoms with E-state index in [1.165, 1.54) is 5.56 Å². The van der Waals surface area contributed by atoms with E-state index in [4.69, 9.17) is 16.3 Å². The molecule has 19 heavy (non-hydrogen) atoms. The summed E-state index contributed by atoms with van der Waals surface area (Å²) in [5, 5.41) is 4.40. The van der Waals surface area contributed by atoms with E-state index in [2.05, 4.69) is 38.2 Å². The van der Waals surface area contributed by atoms with Crippen molar-refractivity contribution >= 4 is 11.6 Å². The largest absolute Gasteiger partial charge is 0.375 e. The van der Waals surface area contributed by atoms with Gasteiger partial charge in [0, 0.05) is 24.2 Å². The van der Waals surface area contributed by atoms with Gasteiger partial charge in [-0.25, -0.2) is 0 Å². The van der Waals surface area contributed by atoms with Gasteiger partial charge in [0.15, 0.2) is 0 Å². The molecule has 3 heteroatoms. The molecule has 0 radical (unpaired) electrons. The molecule has 0 aliphatic rings. The SMILES string of the molecule is CCCC(NCC(C)(C)OCC)c1ccc(Cl)cc1. The lowest BCUT2D eigenvalue weighted by atomic mass is 10.0. The van der Waals surface area contributed by atoms with Gasteiger partial charge in [-0.15, -0.1) is 0 Å². The van der Waals surface area contributed by atoms with Crippen LogP contribution in [-0.4, -0.2) is 18.8 Å². The molecule has 0 spiro atoms. The number of ether oxygens (including phenoxy) is 1. The fourth-order valence-electron chi connectivity index (χ4n) is 2.18. The Labute approximate surface area is 122 Å². The lowest BCUT2D eigenvalue weighted by molar-refractivity contribution is -0.0108. The summed E-state index contributed by atoms with van der Waals surface area (Å²) >= 11 is 5.94. The minimum atomic E-state index is -0.132. The third-order valence-corrected chi connectivity index (χ3v) is 3.41. The van der Waals surface area contributed by atoms with Crippen molar-refractivity contribution in [1.29, 1.82) is 0 Å². The maximum atomic E-state index is 5.94. The molecule has 1 aromatic rings. The number of rotatable bonds is 8. The van der Waals surface area contributed by atoms with Crippen LogP contribution >= 0.6 is 11.6 Å². The van der Waals surface area contributed by atoms with Gasteiger partial charge in [-0.1, -0.05) is 37.1 Å². The molecule has 108 valence electrons. The van der Waals surface area contributed by atoms with Crippen LogP contribution in [0.5, 0.6) is 0 Å². The van der Waals surface area contributed by atoms with Gasteiger partial charge in [0.2, 0.25) is 0 Å². The van der Waals surface area contributed by atoms with Crippen LogP contribution in [0, 0.1) is 0 Å². The lowest BCUT2D eigenvalue weighted by Gasteiger charge is -2.28. The van der Waals surface area contributed by atoms with Gasteiger partial charge >= 0.3 is 0 Å². The van der Waals surface area contributed by atoms with Crippen LogP contribution in [0.15, 0.2) is 24.3 Å². The Morgan fingerprint density at radius 1 is 1.21 bits per heavy atom. The Hall–Kier alpha value is -0.570. The van der Waals surface area contributed by atoms with Gasteiger partial charge < -0.3 is 10.1 Å². The number of nitrogens with one attached hydrogen (secondary N) is 1. The first-order chi connectivity index (χ1) is 8.98. The van der Waals surface area contributed by atoms with Gasteiger partial charge in [-0.3, -0.25) is 0 Å². The molecule has 1 N–H and O–H groups in total. The van der Waals surface area contributed by atoms with Crippen molar-refractivity contribution in [3.8, 4) is 0 Å². The van der Waals surface area contributed by atoms with Crippen molar-refractivity contribution in [3.05, 3.63) is 34.9 Å². The molecule has 2 nitrogen and oxygen atoms in total. The second kappa shape index (κ2) is 7.88. The third-order valence-electron chi connectivity index (χ3n) is 3.16. The van der Waals surface area contributed by atoms with Crippen molar-refractivity contribution in [2.45, 2.75) is 52.2 Å². The van der Waals surface area contributed by atoms with Crippen LogP contribution in [0.25, 0.3) is 0 Å². The average Bonchev–Trinajstić information content (AvgIpc) is 2.35. The minimum Gasteiger partial charge on any atom is -0.375 e. The highest BCUT2D eigenvalue weighted by molar-refractivity contribution is 6.30. The number of hydrogen-bond donors (Lipinski definition) is 1. The number of halogens is 1. The van der Waals surface area contributed by atoms with E-state index >= 15 is 0 Å². The summed E-state index contributed by atoms with van der Waals surface area (Å²) in [4.78, 5) is 0. The van der Waals surface area contributed by atoms with Gasteiger partial charge in [0.1, 0.15) is 0 Å². The molecule has 1 rings (SSSR count). The predicted octanol–water partition coefficient (Wildman–Crippen LogP) is 4.59. The van der Waals surface area contributed by atoms with E-state index in [1.54, 1.807) is 0 Å². The lowest BCUT2D eigenvalue weighted by Crippen LogP contribution is -2.39. The van der Waals surface area contributed by atoms with Crippen molar-refractivity contribution in [2.75, 3.05) is 13.2 Å². The Morgan fingerprint density at radius 2 is 1.84 bits per heavy atom. The molecular weight excluding hydrogens is 258 g/mol. The van der Waals surface area contributed by atoms with Crippen LogP contribution in [0.1, 0.15) is 52.1 Å². The number of benzene rings is 1. The molecule has 0 bridgehead atoms. The van der Waals surface area contributed by atoms with Gasteiger partial charge in [0.25, 0.3) is 0 Å². The van der Waals surface area contributed by atoms with Gasteiger partial charge in [-0.05, 0) is 44.9 Å². The molecule has 0 saturated carbocycles. The summed E-state index contributed by atoms with van der Waals surface area (Å²) in [6.07, 6.45) is 2.26. The molecule has 0 aromatic heterocycles. The van der Waals surface area contributed by atoms with Crippen LogP contribution in [-0.2, 0) is 4.74 Å². The predicted molar refractivity (Wildman–Crippen MR) is 82.8 cm³/mol. The van der Waals surface area contributed by atoms with Crippen molar-refractivity contribution < 1.29 is 4.74 Å². The highest BCUT2D eigenvalue weighted by Crippen LogP contribution is 2.21. The first-order valence-corrected chi connectivity index (χ1v) is 7.49.